The van der Waals surface area contributed by atoms with Crippen LogP contribution in [0.15, 0.2) is 68.6 Å². The van der Waals surface area contributed by atoms with E-state index in [2.05, 4.69) is 28.2 Å². The highest BCUT2D eigenvalue weighted by Crippen LogP contribution is 2.55. The number of allylic oxidation sites excluding steroid dienone is 1. The smallest absolute Gasteiger partial charge is 0.341 e. The number of phenols is 1. The molecule has 0 aliphatic carbocycles. The lowest BCUT2D eigenvalue weighted by Gasteiger charge is -2.47. The van der Waals surface area contributed by atoms with Crippen molar-refractivity contribution < 1.29 is 28.5 Å². The first kappa shape index (κ1) is 36.4. The van der Waals surface area contributed by atoms with Crippen molar-refractivity contribution in [3.05, 3.63) is 92.7 Å². The van der Waals surface area contributed by atoms with Crippen molar-refractivity contribution in [3.63, 3.8) is 0 Å². The third-order valence-electron chi connectivity index (χ3n) is 12.2. The minimum absolute atomic E-state index is 0.0956. The Morgan fingerprint density at radius 3 is 2.81 bits per heavy atom. The Balaban J connectivity index is 1.01. The molecule has 13 nitrogen and oxygen atoms in total. The van der Waals surface area contributed by atoms with Gasteiger partial charge in [-0.1, -0.05) is 21.6 Å². The van der Waals surface area contributed by atoms with Crippen LogP contribution in [0.5, 0.6) is 11.5 Å². The summed E-state index contributed by atoms with van der Waals surface area (Å²) in [6, 6.07) is 9.06. The lowest BCUT2D eigenvalue weighted by atomic mass is 9.74. The lowest BCUT2D eigenvalue weighted by Crippen LogP contribution is -2.55. The summed E-state index contributed by atoms with van der Waals surface area (Å²) in [5.41, 5.74) is 18.0. The van der Waals surface area contributed by atoms with E-state index < -0.39 is 29.2 Å². The number of hydrogen-bond donors (Lipinski definition) is 3. The molecule has 3 aromatic heterocycles. The Hall–Kier alpha value is -4.99. The van der Waals surface area contributed by atoms with Gasteiger partial charge < -0.3 is 40.1 Å². The predicted molar refractivity (Wildman–Crippen MR) is 220 cm³/mol. The number of benzene rings is 1. The number of aromatic nitrogens is 2. The second kappa shape index (κ2) is 13.6. The molecule has 1 aromatic carbocycles. The van der Waals surface area contributed by atoms with E-state index in [-0.39, 0.29) is 28.3 Å². The number of rotatable bonds is 2. The molecule has 2 saturated heterocycles. The number of nitrogen functional groups attached to an aromatic ring is 2. The first-order chi connectivity index (χ1) is 27.5. The third kappa shape index (κ3) is 6.25. The number of phenolic OH excluding ortho intramolecular Hbond substituents is 1. The number of aryl methyl sites for hydroxylation is 2. The molecule has 4 aromatic rings. The fourth-order valence-corrected chi connectivity index (χ4v) is 11.6. The molecular formula is C42H42N6O7S2. The number of fused-ring (bicyclic) bond motifs is 9. The summed E-state index contributed by atoms with van der Waals surface area (Å²) in [5.74, 6) is 1.87. The molecule has 2 fully saturated rings. The number of hydrogen-bond acceptors (Lipinski definition) is 15. The maximum absolute atomic E-state index is 14.3. The summed E-state index contributed by atoms with van der Waals surface area (Å²) in [5, 5.41) is 11.8. The van der Waals surface area contributed by atoms with E-state index in [1.807, 2.05) is 25.3 Å². The highest BCUT2D eigenvalue weighted by Gasteiger charge is 2.65. The number of nitrogens with zero attached hydrogens (tertiary/aromatic N) is 4. The number of aliphatic imine (C=N–C) groups is 1. The van der Waals surface area contributed by atoms with Crippen molar-refractivity contribution in [1.82, 2.24) is 14.9 Å². The zero-order valence-electron chi connectivity index (χ0n) is 31.6. The van der Waals surface area contributed by atoms with Gasteiger partial charge in [0.25, 0.3) is 0 Å². The first-order valence-corrected chi connectivity index (χ1v) is 21.8. The number of carbonyl (C=O) groups excluding carboxylic acids is 1. The van der Waals surface area contributed by atoms with Gasteiger partial charge in [0.2, 0.25) is 0 Å². The van der Waals surface area contributed by atoms with E-state index in [0.717, 1.165) is 39.4 Å². The molecule has 6 aliphatic heterocycles. The minimum Gasteiger partial charge on any atom is -0.507 e. The van der Waals surface area contributed by atoms with Gasteiger partial charge in [-0.15, -0.1) is 0 Å². The van der Waals surface area contributed by atoms with Crippen LogP contribution in [0, 0.1) is 6.92 Å². The molecule has 5 atom stereocenters. The summed E-state index contributed by atoms with van der Waals surface area (Å²) in [4.78, 5) is 43.7. The SMILES string of the molecule is Cc1cc(=O)c2c(O)c3c(cc2o1)O[C@@]1(C)CCSSCc2c(cc(CN4C=C5C=CN=C5C4)nc2N)-c2cc(cc(N)n2)CC[C@H]2O[C@]24CCC[C@@H]3[C@H]1OC4=O. The molecular weight excluding hydrogens is 765 g/mol. The van der Waals surface area contributed by atoms with Crippen LogP contribution >= 0.6 is 21.6 Å². The largest absolute Gasteiger partial charge is 0.507 e. The van der Waals surface area contributed by atoms with E-state index in [1.165, 1.54) is 6.07 Å². The second-order valence-electron chi connectivity index (χ2n) is 16.0. The van der Waals surface area contributed by atoms with Crippen molar-refractivity contribution in [2.24, 2.45) is 4.99 Å². The Labute approximate surface area is 336 Å². The minimum atomic E-state index is -1.07. The van der Waals surface area contributed by atoms with Gasteiger partial charge in [-0.25, -0.2) is 14.8 Å². The average molecular weight is 807 g/mol. The summed E-state index contributed by atoms with van der Waals surface area (Å²) in [6.45, 7) is 4.92. The summed E-state index contributed by atoms with van der Waals surface area (Å²) < 4.78 is 25.5. The maximum Gasteiger partial charge on any atom is 0.341 e. The molecule has 0 saturated carbocycles. The molecule has 9 heterocycles. The van der Waals surface area contributed by atoms with Gasteiger partial charge in [0.1, 0.15) is 51.6 Å². The van der Waals surface area contributed by atoms with Crippen molar-refractivity contribution >= 4 is 55.9 Å². The third-order valence-corrected chi connectivity index (χ3v) is 14.5. The monoisotopic (exact) mass is 806 g/mol. The van der Waals surface area contributed by atoms with E-state index in [9.17, 15) is 14.7 Å². The van der Waals surface area contributed by atoms with Crippen LogP contribution < -0.4 is 21.6 Å². The topological polar surface area (TPSA) is 192 Å². The summed E-state index contributed by atoms with van der Waals surface area (Å²) >= 11 is 0. The van der Waals surface area contributed by atoms with E-state index >= 15 is 0 Å². The number of nitrogens with two attached hydrogens (primary N) is 2. The van der Waals surface area contributed by atoms with Crippen molar-refractivity contribution in [1.29, 1.82) is 0 Å². The van der Waals surface area contributed by atoms with Gasteiger partial charge >= 0.3 is 5.97 Å². The van der Waals surface area contributed by atoms with Crippen LogP contribution in [0.25, 0.3) is 22.2 Å². The Morgan fingerprint density at radius 1 is 1.07 bits per heavy atom. The van der Waals surface area contributed by atoms with Gasteiger partial charge in [-0.05, 0) is 75.8 Å². The average Bonchev–Trinajstić information content (AvgIpc) is 3.47. The van der Waals surface area contributed by atoms with Crippen LogP contribution in [-0.2, 0) is 33.0 Å². The molecule has 4 bridgehead atoms. The van der Waals surface area contributed by atoms with E-state index in [1.54, 1.807) is 34.6 Å². The van der Waals surface area contributed by atoms with Crippen molar-refractivity contribution in [2.45, 2.75) is 94.0 Å². The fraction of sp³-hybridized carbons (Fsp3) is 0.405. The summed E-state index contributed by atoms with van der Waals surface area (Å²) in [7, 11) is 3.31. The molecule has 0 unspecified atom stereocenters. The molecule has 0 radical (unpaired) electrons. The number of pyridine rings is 2. The zero-order valence-corrected chi connectivity index (χ0v) is 33.2. The van der Waals surface area contributed by atoms with Gasteiger partial charge in [0.05, 0.1) is 36.3 Å². The molecule has 6 aliphatic rings. The Bertz CT molecular complexity index is 2540. The van der Waals surface area contributed by atoms with E-state index in [4.69, 9.17) is 40.1 Å². The second-order valence-corrected chi connectivity index (χ2v) is 18.6. The highest BCUT2D eigenvalue weighted by atomic mass is 33.1. The van der Waals surface area contributed by atoms with Gasteiger partial charge in [0.15, 0.2) is 11.0 Å². The normalized spacial score (nSPS) is 27.7. The molecule has 5 N–H and O–H groups in total. The van der Waals surface area contributed by atoms with Gasteiger partial charge in [0, 0.05) is 70.6 Å². The highest BCUT2D eigenvalue weighted by molar-refractivity contribution is 8.76. The lowest BCUT2D eigenvalue weighted by molar-refractivity contribution is -0.175. The van der Waals surface area contributed by atoms with Crippen LogP contribution in [0.1, 0.15) is 73.1 Å². The standard InChI is InChI=1S/C42H42N6O7S2/c1-21-12-30(49)36-31(52-21)16-32-35(37(36)50)25-4-3-8-42-33(55-42)6-5-22-13-28(47-34(43)14-22)26-15-24(18-48-17-23-7-10-45-29(23)19-48)46-39(44)27(26)20-57-56-11-9-41(2,54-32)38(25)53-40(42)51/h7,10,12-17,25,33,38,50H,3-6,8-9,11,18-20H2,1-2H3,(H2,43,47)(H2,44,46)/t25-,33+,38+,41-,42+/m0/s1. The molecule has 294 valence electrons. The fourth-order valence-electron chi connectivity index (χ4n) is 9.33. The number of ether oxygens (including phenoxy) is 3. The van der Waals surface area contributed by atoms with Crippen molar-refractivity contribution in [3.8, 4) is 22.8 Å². The number of aromatic hydroxyl groups is 1. The van der Waals surface area contributed by atoms with Crippen LogP contribution in [0.4, 0.5) is 11.6 Å². The summed E-state index contributed by atoms with van der Waals surface area (Å²) in [6.07, 6.45) is 8.26. The van der Waals surface area contributed by atoms with Crippen LogP contribution in [-0.4, -0.2) is 67.4 Å². The number of carbonyl (C=O) groups is 1. The van der Waals surface area contributed by atoms with Gasteiger partial charge in [-0.3, -0.25) is 9.79 Å². The Morgan fingerprint density at radius 2 is 1.95 bits per heavy atom. The molecule has 0 amide bonds. The van der Waals surface area contributed by atoms with Crippen LogP contribution in [0.2, 0.25) is 0 Å². The predicted octanol–water partition coefficient (Wildman–Crippen LogP) is 6.48. The molecule has 15 heteroatoms. The van der Waals surface area contributed by atoms with Crippen molar-refractivity contribution in [2.75, 3.05) is 23.8 Å². The zero-order chi connectivity index (χ0) is 39.2. The Kier molecular flexibility index (Phi) is 8.65. The molecule has 1 spiro atoms. The number of epoxide rings is 1. The van der Waals surface area contributed by atoms with E-state index in [0.29, 0.717) is 91.8 Å². The first-order valence-electron chi connectivity index (χ1n) is 19.4. The number of anilines is 2. The van der Waals surface area contributed by atoms with Crippen LogP contribution in [0.3, 0.4) is 0 Å². The number of esters is 1. The van der Waals surface area contributed by atoms with Gasteiger partial charge in [-0.2, -0.15) is 0 Å². The molecule has 57 heavy (non-hydrogen) atoms. The quantitative estimate of drug-likeness (QED) is 0.113. The maximum atomic E-state index is 14.3. The molecule has 10 rings (SSSR count).